The van der Waals surface area contributed by atoms with Crippen LogP contribution in [0.1, 0.15) is 24.3 Å². The smallest absolute Gasteiger partial charge is 0.191 e. The van der Waals surface area contributed by atoms with Crippen molar-refractivity contribution in [2.75, 3.05) is 7.05 Å². The molecular formula is C21H18BrN5. The third-order valence-corrected chi connectivity index (χ3v) is 7.19. The van der Waals surface area contributed by atoms with Gasteiger partial charge in [-0.3, -0.25) is 4.90 Å². The van der Waals surface area contributed by atoms with Crippen LogP contribution in [0.15, 0.2) is 51.7 Å². The van der Waals surface area contributed by atoms with Crippen LogP contribution in [-0.4, -0.2) is 24.0 Å². The highest BCUT2D eigenvalue weighted by molar-refractivity contribution is 9.10. The topological polar surface area (TPSA) is 101 Å². The Balaban J connectivity index is 2.08. The summed E-state index contributed by atoms with van der Waals surface area (Å²) in [6, 6.07) is 14.7. The molecule has 1 saturated heterocycles. The summed E-state index contributed by atoms with van der Waals surface area (Å²) in [5, 5.41) is 30.1. The number of likely N-dealkylation sites (N-methyl/N-ethyl adjacent to an activating group) is 1. The zero-order valence-corrected chi connectivity index (χ0v) is 16.4. The van der Waals surface area contributed by atoms with Gasteiger partial charge in [0.2, 0.25) is 0 Å². The predicted molar refractivity (Wildman–Crippen MR) is 104 cm³/mol. The van der Waals surface area contributed by atoms with Crippen molar-refractivity contribution in [2.24, 2.45) is 17.1 Å². The molecule has 0 saturated carbocycles. The lowest BCUT2D eigenvalue weighted by Crippen LogP contribution is -2.51. The maximum Gasteiger partial charge on any atom is 0.191 e. The highest BCUT2D eigenvalue weighted by atomic mass is 79.9. The minimum absolute atomic E-state index is 0.0854. The Kier molecular flexibility index (Phi) is 4.11. The summed E-state index contributed by atoms with van der Waals surface area (Å²) in [4.78, 5) is 2.31. The molecule has 1 aliphatic carbocycles. The van der Waals surface area contributed by atoms with E-state index in [0.717, 1.165) is 28.5 Å². The Morgan fingerprint density at radius 1 is 1.19 bits per heavy atom. The van der Waals surface area contributed by atoms with Gasteiger partial charge in [0.1, 0.15) is 6.07 Å². The maximum atomic E-state index is 10.1. The number of rotatable bonds is 1. The van der Waals surface area contributed by atoms with Crippen LogP contribution in [-0.2, 0) is 0 Å². The van der Waals surface area contributed by atoms with Crippen LogP contribution in [0, 0.1) is 45.3 Å². The quantitative estimate of drug-likeness (QED) is 0.751. The molecule has 3 aliphatic rings. The molecule has 5 nitrogen and oxygen atoms in total. The van der Waals surface area contributed by atoms with Crippen molar-refractivity contribution >= 4 is 15.9 Å². The van der Waals surface area contributed by atoms with Gasteiger partial charge in [0.25, 0.3) is 0 Å². The van der Waals surface area contributed by atoms with Crippen LogP contribution < -0.4 is 5.73 Å². The predicted octanol–water partition coefficient (Wildman–Crippen LogP) is 3.34. The number of hydrogen-bond acceptors (Lipinski definition) is 5. The van der Waals surface area contributed by atoms with Crippen molar-refractivity contribution < 1.29 is 0 Å². The van der Waals surface area contributed by atoms with E-state index in [9.17, 15) is 15.8 Å². The average molecular weight is 420 g/mol. The standard InChI is InChI=1S/C21H18BrN5/c1-27-12-6-7-17(27)18-14(8-12)15(9-23)20(26)21(10-24,11-25)19(18)13-4-2-3-5-16(13)22/h2-5,8,12,17-19H,6-7,26H2,1H3/t12-,17+,18+,19+/m1/s1. The van der Waals surface area contributed by atoms with Crippen molar-refractivity contribution in [3.8, 4) is 18.2 Å². The van der Waals surface area contributed by atoms with E-state index in [1.807, 2.05) is 24.3 Å². The number of nitriles is 3. The SMILES string of the molecule is CN1[C@H]2C=C3C(C#N)=C(N)C(C#N)(C#N)[C@@H](c4ccccc4Br)[C@@H]3[C@@H]1CC2. The fourth-order valence-electron chi connectivity index (χ4n) is 5.16. The van der Waals surface area contributed by atoms with Crippen LogP contribution in [0.3, 0.4) is 0 Å². The molecule has 134 valence electrons. The molecule has 2 bridgehead atoms. The highest BCUT2D eigenvalue weighted by Gasteiger charge is 2.58. The second kappa shape index (κ2) is 6.24. The van der Waals surface area contributed by atoms with Gasteiger partial charge < -0.3 is 5.73 Å². The van der Waals surface area contributed by atoms with E-state index in [4.69, 9.17) is 5.73 Å². The van der Waals surface area contributed by atoms with Gasteiger partial charge in [-0.05, 0) is 37.1 Å². The first-order valence-corrected chi connectivity index (χ1v) is 9.70. The van der Waals surface area contributed by atoms with E-state index in [2.05, 4.69) is 52.2 Å². The van der Waals surface area contributed by atoms with Crippen LogP contribution >= 0.6 is 15.9 Å². The Labute approximate surface area is 167 Å². The number of nitrogens with two attached hydrogens (primary N) is 1. The molecule has 0 amide bonds. The Bertz CT molecular complexity index is 989. The summed E-state index contributed by atoms with van der Waals surface area (Å²) in [5.74, 6) is -0.577. The van der Waals surface area contributed by atoms with Gasteiger partial charge in [0, 0.05) is 28.4 Å². The summed E-state index contributed by atoms with van der Waals surface area (Å²) in [6.07, 6.45) is 4.11. The van der Waals surface area contributed by atoms with Gasteiger partial charge in [-0.25, -0.2) is 0 Å². The average Bonchev–Trinajstić information content (AvgIpc) is 2.91. The number of nitrogens with zero attached hydrogens (tertiary/aromatic N) is 4. The van der Waals surface area contributed by atoms with Crippen molar-refractivity contribution in [3.05, 3.63) is 57.2 Å². The lowest BCUT2D eigenvalue weighted by atomic mass is 9.56. The van der Waals surface area contributed by atoms with Crippen LogP contribution in [0.25, 0.3) is 0 Å². The third kappa shape index (κ3) is 2.23. The van der Waals surface area contributed by atoms with Crippen LogP contribution in [0.2, 0.25) is 0 Å². The summed E-state index contributed by atoms with van der Waals surface area (Å²) < 4.78 is 0.847. The normalized spacial score (nSPS) is 31.3. The first-order valence-electron chi connectivity index (χ1n) is 8.91. The van der Waals surface area contributed by atoms with Crippen LogP contribution in [0.4, 0.5) is 0 Å². The van der Waals surface area contributed by atoms with E-state index in [1.165, 1.54) is 0 Å². The van der Waals surface area contributed by atoms with Gasteiger partial charge in [-0.1, -0.05) is 40.2 Å². The van der Waals surface area contributed by atoms with Gasteiger partial charge in [-0.15, -0.1) is 0 Å². The van der Waals surface area contributed by atoms with Crippen molar-refractivity contribution in [2.45, 2.75) is 30.8 Å². The molecule has 0 unspecified atom stereocenters. The molecule has 2 heterocycles. The van der Waals surface area contributed by atoms with E-state index >= 15 is 0 Å². The Morgan fingerprint density at radius 3 is 2.52 bits per heavy atom. The minimum atomic E-state index is -1.58. The first-order chi connectivity index (χ1) is 13.0. The van der Waals surface area contributed by atoms with Crippen molar-refractivity contribution in [1.82, 2.24) is 4.90 Å². The second-order valence-electron chi connectivity index (χ2n) is 7.46. The molecule has 0 radical (unpaired) electrons. The molecule has 4 atom stereocenters. The van der Waals surface area contributed by atoms with Gasteiger partial charge in [-0.2, -0.15) is 15.8 Å². The van der Waals surface area contributed by atoms with E-state index in [0.29, 0.717) is 5.57 Å². The van der Waals surface area contributed by atoms with E-state index in [-0.39, 0.29) is 23.7 Å². The lowest BCUT2D eigenvalue weighted by Gasteiger charge is -2.48. The van der Waals surface area contributed by atoms with Gasteiger partial charge in [0.05, 0.1) is 23.4 Å². The largest absolute Gasteiger partial charge is 0.399 e. The zero-order chi connectivity index (χ0) is 19.3. The monoisotopic (exact) mass is 419 g/mol. The van der Waals surface area contributed by atoms with Crippen LogP contribution in [0.5, 0.6) is 0 Å². The number of hydrogen-bond donors (Lipinski definition) is 1. The number of benzene rings is 1. The summed E-state index contributed by atoms with van der Waals surface area (Å²) in [7, 11) is 2.08. The van der Waals surface area contributed by atoms with Gasteiger partial charge in [0.15, 0.2) is 5.41 Å². The third-order valence-electron chi connectivity index (χ3n) is 6.46. The number of fused-ring (bicyclic) bond motifs is 4. The fourth-order valence-corrected chi connectivity index (χ4v) is 5.69. The summed E-state index contributed by atoms with van der Waals surface area (Å²) >= 11 is 3.60. The molecule has 0 spiro atoms. The van der Waals surface area contributed by atoms with Gasteiger partial charge >= 0.3 is 0 Å². The Hall–Kier alpha value is -2.59. The molecule has 1 aromatic carbocycles. The minimum Gasteiger partial charge on any atom is -0.399 e. The second-order valence-corrected chi connectivity index (χ2v) is 8.31. The number of halogens is 1. The molecule has 1 fully saturated rings. The molecule has 6 heteroatoms. The zero-order valence-electron chi connectivity index (χ0n) is 14.9. The fraction of sp³-hybridized carbons (Fsp3) is 0.381. The summed E-state index contributed by atoms with van der Waals surface area (Å²) in [6.45, 7) is 0. The number of allylic oxidation sites excluding steroid dienone is 2. The molecular weight excluding hydrogens is 402 g/mol. The molecule has 27 heavy (non-hydrogen) atoms. The molecule has 4 rings (SSSR count). The summed E-state index contributed by atoms with van der Waals surface area (Å²) in [5.41, 5.74) is 6.98. The molecule has 1 aromatic rings. The highest BCUT2D eigenvalue weighted by Crippen LogP contribution is 2.58. The maximum absolute atomic E-state index is 10.1. The first kappa shape index (κ1) is 17.8. The van der Waals surface area contributed by atoms with E-state index in [1.54, 1.807) is 0 Å². The molecule has 0 aromatic heterocycles. The molecule has 2 N–H and O–H groups in total. The lowest BCUT2D eigenvalue weighted by molar-refractivity contribution is 0.160. The molecule has 2 aliphatic heterocycles. The van der Waals surface area contributed by atoms with Crippen molar-refractivity contribution in [3.63, 3.8) is 0 Å². The van der Waals surface area contributed by atoms with Crippen molar-refractivity contribution in [1.29, 1.82) is 15.8 Å². The van der Waals surface area contributed by atoms with E-state index < -0.39 is 11.3 Å². The Morgan fingerprint density at radius 2 is 1.89 bits per heavy atom.